The van der Waals surface area contributed by atoms with Gasteiger partial charge in [-0.2, -0.15) is 0 Å². The maximum Gasteiger partial charge on any atom is 0.267 e. The fourth-order valence-corrected chi connectivity index (χ4v) is 3.06. The van der Waals surface area contributed by atoms with Crippen LogP contribution in [-0.2, 0) is 11.2 Å². The van der Waals surface area contributed by atoms with Crippen LogP contribution < -0.4 is 16.0 Å². The highest BCUT2D eigenvalue weighted by molar-refractivity contribution is 7.14. The Balaban J connectivity index is 0.00000264. The average Bonchev–Trinajstić information content (AvgIpc) is 3.15. The molecule has 2 amide bonds. The Morgan fingerprint density at radius 3 is 2.67 bits per heavy atom. The maximum absolute atomic E-state index is 11.9. The fourth-order valence-electron chi connectivity index (χ4n) is 1.73. The van der Waals surface area contributed by atoms with Crippen LogP contribution in [0.15, 0.2) is 22.9 Å². The number of amides is 2. The molecule has 2 rings (SSSR count). The monoisotopic (exact) mass is 410 g/mol. The number of nitrogens with zero attached hydrogens (tertiary/aromatic N) is 1. The Hall–Kier alpha value is -1.19. The van der Waals surface area contributed by atoms with Crippen molar-refractivity contribution in [3.8, 4) is 0 Å². The van der Waals surface area contributed by atoms with E-state index in [0.717, 1.165) is 13.0 Å². The highest BCUT2D eigenvalue weighted by atomic mass is 35.5. The molecule has 0 aliphatic heterocycles. The molecule has 0 saturated heterocycles. The van der Waals surface area contributed by atoms with Crippen molar-refractivity contribution >= 4 is 64.4 Å². The van der Waals surface area contributed by atoms with Gasteiger partial charge in [0, 0.05) is 11.9 Å². The normalized spacial score (nSPS) is 9.54. The van der Waals surface area contributed by atoms with E-state index in [1.807, 2.05) is 18.5 Å². The zero-order valence-electron chi connectivity index (χ0n) is 13.0. The molecule has 0 fully saturated rings. The molecule has 0 radical (unpaired) electrons. The summed E-state index contributed by atoms with van der Waals surface area (Å²) in [5.41, 5.74) is 0.664. The van der Waals surface area contributed by atoms with E-state index < -0.39 is 0 Å². The van der Waals surface area contributed by atoms with Gasteiger partial charge < -0.3 is 10.6 Å². The predicted octanol–water partition coefficient (Wildman–Crippen LogP) is 2.57. The molecule has 0 aliphatic rings. The summed E-state index contributed by atoms with van der Waals surface area (Å²) < 4.78 is 0. The number of thiophene rings is 1. The van der Waals surface area contributed by atoms with E-state index in [1.54, 1.807) is 11.4 Å². The first-order chi connectivity index (χ1) is 10.7. The van der Waals surface area contributed by atoms with Gasteiger partial charge in [-0.3, -0.25) is 14.9 Å². The number of hydrogen-bond donors (Lipinski definition) is 3. The molecule has 24 heavy (non-hydrogen) atoms. The number of nitrogens with one attached hydrogen (secondary N) is 3. The van der Waals surface area contributed by atoms with Crippen molar-refractivity contribution in [2.75, 3.05) is 25.5 Å². The number of hydrogen-bond acceptors (Lipinski definition) is 6. The van der Waals surface area contributed by atoms with Crippen LogP contribution >= 0.6 is 47.5 Å². The van der Waals surface area contributed by atoms with E-state index in [4.69, 9.17) is 0 Å². The summed E-state index contributed by atoms with van der Waals surface area (Å²) in [7, 11) is 1.88. The van der Waals surface area contributed by atoms with Gasteiger partial charge in [-0.15, -0.1) is 47.5 Å². The van der Waals surface area contributed by atoms with E-state index in [-0.39, 0.29) is 43.0 Å². The van der Waals surface area contributed by atoms with E-state index in [0.29, 0.717) is 22.2 Å². The number of carbonyl (C=O) groups is 2. The standard InChI is InChI=1S/C14H18N4O2S2.2ClH/c1-15-5-3-6-16-12(19)8-10-9-22-14(17-10)18-13(20)11-4-2-7-21-11;;/h2,4,7,9,15H,3,5-6,8H2,1H3,(H,16,19)(H,17,18,20);2*1H. The van der Waals surface area contributed by atoms with Crippen molar-refractivity contribution in [3.63, 3.8) is 0 Å². The van der Waals surface area contributed by atoms with Crippen molar-refractivity contribution in [2.45, 2.75) is 12.8 Å². The molecule has 2 aromatic heterocycles. The molecule has 2 aromatic rings. The maximum atomic E-state index is 11.9. The molecule has 0 aromatic carbocycles. The molecule has 6 nitrogen and oxygen atoms in total. The van der Waals surface area contributed by atoms with Gasteiger partial charge in [0.05, 0.1) is 17.0 Å². The van der Waals surface area contributed by atoms with Crippen LogP contribution in [0.4, 0.5) is 5.13 Å². The molecular weight excluding hydrogens is 391 g/mol. The summed E-state index contributed by atoms with van der Waals surface area (Å²) in [4.78, 5) is 28.5. The Morgan fingerprint density at radius 1 is 1.21 bits per heavy atom. The summed E-state index contributed by atoms with van der Waals surface area (Å²) in [5.74, 6) is -0.232. The fraction of sp³-hybridized carbons (Fsp3) is 0.357. The van der Waals surface area contributed by atoms with Crippen LogP contribution in [0.5, 0.6) is 0 Å². The van der Waals surface area contributed by atoms with Crippen molar-refractivity contribution in [1.82, 2.24) is 15.6 Å². The van der Waals surface area contributed by atoms with Gasteiger partial charge >= 0.3 is 0 Å². The summed E-state index contributed by atoms with van der Waals surface area (Å²) >= 11 is 2.70. The molecule has 0 saturated carbocycles. The number of carbonyl (C=O) groups excluding carboxylic acids is 2. The third-order valence-corrected chi connectivity index (χ3v) is 4.46. The van der Waals surface area contributed by atoms with Crippen LogP contribution in [0, 0.1) is 0 Å². The number of rotatable bonds is 8. The van der Waals surface area contributed by atoms with Crippen LogP contribution in [0.3, 0.4) is 0 Å². The first-order valence-corrected chi connectivity index (χ1v) is 8.65. The van der Waals surface area contributed by atoms with Crippen LogP contribution in [0.2, 0.25) is 0 Å². The lowest BCUT2D eigenvalue weighted by Crippen LogP contribution is -2.28. The van der Waals surface area contributed by atoms with Crippen molar-refractivity contribution < 1.29 is 9.59 Å². The third kappa shape index (κ3) is 7.59. The van der Waals surface area contributed by atoms with Crippen molar-refractivity contribution in [1.29, 1.82) is 0 Å². The van der Waals surface area contributed by atoms with Crippen LogP contribution in [0.1, 0.15) is 21.8 Å². The smallest absolute Gasteiger partial charge is 0.267 e. The van der Waals surface area contributed by atoms with Gasteiger partial charge in [0.2, 0.25) is 5.91 Å². The Bertz CT molecular complexity index is 620. The van der Waals surface area contributed by atoms with E-state index in [1.165, 1.54) is 22.7 Å². The average molecular weight is 411 g/mol. The third-order valence-electron chi connectivity index (χ3n) is 2.78. The lowest BCUT2D eigenvalue weighted by molar-refractivity contribution is -0.120. The largest absolute Gasteiger partial charge is 0.356 e. The molecule has 0 atom stereocenters. The van der Waals surface area contributed by atoms with Crippen molar-refractivity contribution in [2.24, 2.45) is 0 Å². The number of halogens is 2. The minimum absolute atomic E-state index is 0. The predicted molar refractivity (Wildman–Crippen MR) is 104 cm³/mol. The highest BCUT2D eigenvalue weighted by Crippen LogP contribution is 2.18. The summed E-state index contributed by atoms with van der Waals surface area (Å²) in [5, 5.41) is 12.7. The van der Waals surface area contributed by atoms with Gasteiger partial charge in [0.1, 0.15) is 0 Å². The second kappa shape index (κ2) is 12.2. The van der Waals surface area contributed by atoms with Gasteiger partial charge in [-0.25, -0.2) is 4.98 Å². The van der Waals surface area contributed by atoms with E-state index >= 15 is 0 Å². The molecule has 134 valence electrons. The molecule has 0 aliphatic carbocycles. The second-order valence-corrected chi connectivity index (χ2v) is 6.37. The molecule has 2 heterocycles. The molecular formula is C14H20Cl2N4O2S2. The van der Waals surface area contributed by atoms with E-state index in [9.17, 15) is 9.59 Å². The van der Waals surface area contributed by atoms with E-state index in [2.05, 4.69) is 20.9 Å². The van der Waals surface area contributed by atoms with Crippen LogP contribution in [0.25, 0.3) is 0 Å². The topological polar surface area (TPSA) is 83.1 Å². The molecule has 10 heteroatoms. The SMILES string of the molecule is CNCCCNC(=O)Cc1csc(NC(=O)c2cccs2)n1.Cl.Cl. The Kier molecular flexibility index (Phi) is 11.6. The summed E-state index contributed by atoms with van der Waals surface area (Å²) in [6, 6.07) is 3.58. The Labute approximate surface area is 161 Å². The zero-order valence-corrected chi connectivity index (χ0v) is 16.3. The Morgan fingerprint density at radius 2 is 2.00 bits per heavy atom. The summed E-state index contributed by atoms with van der Waals surface area (Å²) in [6.07, 6.45) is 1.12. The zero-order chi connectivity index (χ0) is 15.8. The second-order valence-electron chi connectivity index (χ2n) is 4.56. The first-order valence-electron chi connectivity index (χ1n) is 6.89. The van der Waals surface area contributed by atoms with Gasteiger partial charge in [-0.05, 0) is 31.5 Å². The quantitative estimate of drug-likeness (QED) is 0.583. The minimum Gasteiger partial charge on any atom is -0.356 e. The van der Waals surface area contributed by atoms with Crippen molar-refractivity contribution in [3.05, 3.63) is 33.5 Å². The minimum atomic E-state index is -0.174. The molecule has 3 N–H and O–H groups in total. The highest BCUT2D eigenvalue weighted by Gasteiger charge is 2.11. The summed E-state index contributed by atoms with van der Waals surface area (Å²) in [6.45, 7) is 1.52. The van der Waals surface area contributed by atoms with Gasteiger partial charge in [-0.1, -0.05) is 6.07 Å². The number of thiazole rings is 1. The lowest BCUT2D eigenvalue weighted by Gasteiger charge is -2.03. The van der Waals surface area contributed by atoms with Crippen LogP contribution in [-0.4, -0.2) is 36.9 Å². The molecule has 0 bridgehead atoms. The molecule has 0 unspecified atom stereocenters. The lowest BCUT2D eigenvalue weighted by atomic mass is 10.3. The first kappa shape index (κ1) is 22.8. The number of aromatic nitrogens is 1. The number of anilines is 1. The molecule has 0 spiro atoms. The van der Waals surface area contributed by atoms with Gasteiger partial charge in [0.15, 0.2) is 5.13 Å². The van der Waals surface area contributed by atoms with Gasteiger partial charge in [0.25, 0.3) is 5.91 Å².